The Morgan fingerprint density at radius 3 is 2.60 bits per heavy atom. The lowest BCUT2D eigenvalue weighted by Crippen LogP contribution is -2.52. The molecule has 0 spiro atoms. The first-order chi connectivity index (χ1) is 7.12. The maximum Gasteiger partial charge on any atom is 0.325 e. The van der Waals surface area contributed by atoms with Crippen LogP contribution in [0.2, 0.25) is 0 Å². The van der Waals surface area contributed by atoms with Crippen molar-refractivity contribution in [2.24, 2.45) is 5.92 Å². The lowest BCUT2D eigenvalue weighted by molar-refractivity contribution is -0.149. The van der Waals surface area contributed by atoms with Gasteiger partial charge in [-0.15, -0.1) is 0 Å². The summed E-state index contributed by atoms with van der Waals surface area (Å²) >= 11 is 0. The average molecular weight is 213 g/mol. The van der Waals surface area contributed by atoms with Crippen LogP contribution in [-0.4, -0.2) is 25.2 Å². The van der Waals surface area contributed by atoms with Crippen molar-refractivity contribution in [3.63, 3.8) is 0 Å². The zero-order chi connectivity index (χ0) is 11.3. The monoisotopic (exact) mass is 213 g/mol. The fourth-order valence-corrected chi connectivity index (χ4v) is 2.13. The van der Waals surface area contributed by atoms with E-state index in [9.17, 15) is 4.79 Å². The molecule has 1 unspecified atom stereocenters. The second-order valence-corrected chi connectivity index (χ2v) is 4.75. The summed E-state index contributed by atoms with van der Waals surface area (Å²) in [5, 5.41) is 3.32. The molecule has 0 aliphatic heterocycles. The van der Waals surface area contributed by atoms with E-state index in [4.69, 9.17) is 4.74 Å². The SMILES string of the molecule is CCCNC(C)(CC1CCC1)C(=O)OC. The molecular formula is C12H23NO2. The molecule has 0 radical (unpaired) electrons. The van der Waals surface area contributed by atoms with Crippen molar-refractivity contribution >= 4 is 5.97 Å². The molecule has 0 bridgehead atoms. The Balaban J connectivity index is 2.52. The lowest BCUT2D eigenvalue weighted by Gasteiger charge is -2.35. The molecule has 1 aliphatic carbocycles. The highest BCUT2D eigenvalue weighted by atomic mass is 16.5. The lowest BCUT2D eigenvalue weighted by atomic mass is 9.76. The molecule has 0 saturated heterocycles. The van der Waals surface area contributed by atoms with Gasteiger partial charge in [0.2, 0.25) is 0 Å². The number of methoxy groups -OCH3 is 1. The van der Waals surface area contributed by atoms with E-state index in [1.165, 1.54) is 26.4 Å². The number of carbonyl (C=O) groups is 1. The molecular weight excluding hydrogens is 190 g/mol. The predicted molar refractivity (Wildman–Crippen MR) is 60.7 cm³/mol. The standard InChI is InChI=1S/C12H23NO2/c1-4-8-13-12(2,11(14)15-3)9-10-6-5-7-10/h10,13H,4-9H2,1-3H3. The van der Waals surface area contributed by atoms with E-state index >= 15 is 0 Å². The van der Waals surface area contributed by atoms with Crippen LogP contribution < -0.4 is 5.32 Å². The minimum Gasteiger partial charge on any atom is -0.468 e. The van der Waals surface area contributed by atoms with E-state index in [1.807, 2.05) is 6.92 Å². The molecule has 0 amide bonds. The van der Waals surface area contributed by atoms with E-state index in [2.05, 4.69) is 12.2 Å². The molecule has 1 atom stereocenters. The van der Waals surface area contributed by atoms with Crippen LogP contribution in [0.3, 0.4) is 0 Å². The van der Waals surface area contributed by atoms with Gasteiger partial charge in [0.25, 0.3) is 0 Å². The Hall–Kier alpha value is -0.570. The third-order valence-electron chi connectivity index (χ3n) is 3.32. The number of ether oxygens (including phenoxy) is 1. The van der Waals surface area contributed by atoms with Gasteiger partial charge in [-0.1, -0.05) is 26.2 Å². The van der Waals surface area contributed by atoms with Crippen molar-refractivity contribution in [3.05, 3.63) is 0 Å². The van der Waals surface area contributed by atoms with Gasteiger partial charge in [0.1, 0.15) is 5.54 Å². The highest BCUT2D eigenvalue weighted by Gasteiger charge is 2.37. The fraction of sp³-hybridized carbons (Fsp3) is 0.917. The zero-order valence-electron chi connectivity index (χ0n) is 10.1. The Bertz CT molecular complexity index is 214. The summed E-state index contributed by atoms with van der Waals surface area (Å²) in [6.45, 7) is 4.94. The summed E-state index contributed by atoms with van der Waals surface area (Å²) in [5.74, 6) is 0.585. The van der Waals surface area contributed by atoms with Crippen LogP contribution in [0.15, 0.2) is 0 Å². The Kier molecular flexibility index (Phi) is 4.58. The number of nitrogens with one attached hydrogen (secondary N) is 1. The van der Waals surface area contributed by atoms with E-state index in [-0.39, 0.29) is 5.97 Å². The summed E-state index contributed by atoms with van der Waals surface area (Å²) in [4.78, 5) is 11.7. The summed E-state index contributed by atoms with van der Waals surface area (Å²) in [7, 11) is 1.47. The summed E-state index contributed by atoms with van der Waals surface area (Å²) in [6.07, 6.45) is 5.80. The minimum atomic E-state index is -0.476. The van der Waals surface area contributed by atoms with E-state index < -0.39 is 5.54 Å². The molecule has 1 rings (SSSR count). The van der Waals surface area contributed by atoms with E-state index in [0.717, 1.165) is 19.4 Å². The molecule has 88 valence electrons. The minimum absolute atomic E-state index is 0.122. The Morgan fingerprint density at radius 1 is 1.53 bits per heavy atom. The number of esters is 1. The predicted octanol–water partition coefficient (Wildman–Crippen LogP) is 2.11. The second kappa shape index (κ2) is 5.50. The molecule has 0 aromatic heterocycles. The smallest absolute Gasteiger partial charge is 0.325 e. The molecule has 15 heavy (non-hydrogen) atoms. The quantitative estimate of drug-likeness (QED) is 0.687. The van der Waals surface area contributed by atoms with Gasteiger partial charge in [0.15, 0.2) is 0 Å². The zero-order valence-corrected chi connectivity index (χ0v) is 10.1. The molecule has 0 heterocycles. The van der Waals surface area contributed by atoms with Crippen LogP contribution in [0.1, 0.15) is 46.0 Å². The molecule has 0 aromatic rings. The van der Waals surface area contributed by atoms with E-state index in [0.29, 0.717) is 5.92 Å². The van der Waals surface area contributed by atoms with Crippen LogP contribution in [0, 0.1) is 5.92 Å². The highest BCUT2D eigenvalue weighted by molar-refractivity contribution is 5.80. The Morgan fingerprint density at radius 2 is 2.20 bits per heavy atom. The second-order valence-electron chi connectivity index (χ2n) is 4.75. The number of rotatable bonds is 6. The van der Waals surface area contributed by atoms with Crippen molar-refractivity contribution < 1.29 is 9.53 Å². The van der Waals surface area contributed by atoms with Gasteiger partial charge >= 0.3 is 5.97 Å². The van der Waals surface area contributed by atoms with Gasteiger partial charge in [-0.3, -0.25) is 4.79 Å². The topological polar surface area (TPSA) is 38.3 Å². The van der Waals surface area contributed by atoms with Crippen LogP contribution in [0.4, 0.5) is 0 Å². The molecule has 3 nitrogen and oxygen atoms in total. The normalized spacial score (nSPS) is 20.5. The van der Waals surface area contributed by atoms with Gasteiger partial charge in [-0.25, -0.2) is 0 Å². The number of hydrogen-bond donors (Lipinski definition) is 1. The molecule has 3 heteroatoms. The molecule has 0 aromatic carbocycles. The highest BCUT2D eigenvalue weighted by Crippen LogP contribution is 2.34. The van der Waals surface area contributed by atoms with Crippen molar-refractivity contribution in [2.45, 2.75) is 51.5 Å². The van der Waals surface area contributed by atoms with Crippen LogP contribution in [-0.2, 0) is 9.53 Å². The molecule has 1 N–H and O–H groups in total. The van der Waals surface area contributed by atoms with Crippen LogP contribution in [0.5, 0.6) is 0 Å². The van der Waals surface area contributed by atoms with Gasteiger partial charge in [0, 0.05) is 0 Å². The maximum absolute atomic E-state index is 11.7. The van der Waals surface area contributed by atoms with Gasteiger partial charge in [0.05, 0.1) is 7.11 Å². The first-order valence-electron chi connectivity index (χ1n) is 5.96. The molecule has 1 fully saturated rings. The van der Waals surface area contributed by atoms with Crippen molar-refractivity contribution in [1.82, 2.24) is 5.32 Å². The van der Waals surface area contributed by atoms with Crippen molar-refractivity contribution in [2.75, 3.05) is 13.7 Å². The largest absolute Gasteiger partial charge is 0.468 e. The summed E-state index contributed by atoms with van der Waals surface area (Å²) in [5.41, 5.74) is -0.476. The van der Waals surface area contributed by atoms with Crippen LogP contribution in [0.25, 0.3) is 0 Å². The average Bonchev–Trinajstić information content (AvgIpc) is 2.19. The third-order valence-corrected chi connectivity index (χ3v) is 3.32. The first kappa shape index (κ1) is 12.5. The van der Waals surface area contributed by atoms with E-state index in [1.54, 1.807) is 0 Å². The first-order valence-corrected chi connectivity index (χ1v) is 5.96. The summed E-state index contributed by atoms with van der Waals surface area (Å²) in [6, 6.07) is 0. The molecule has 1 saturated carbocycles. The maximum atomic E-state index is 11.7. The van der Waals surface area contributed by atoms with Gasteiger partial charge in [-0.05, 0) is 32.2 Å². The third kappa shape index (κ3) is 3.20. The van der Waals surface area contributed by atoms with Crippen LogP contribution >= 0.6 is 0 Å². The molecule has 1 aliphatic rings. The van der Waals surface area contributed by atoms with Crippen molar-refractivity contribution in [3.8, 4) is 0 Å². The fourth-order valence-electron chi connectivity index (χ4n) is 2.13. The Labute approximate surface area is 92.6 Å². The van der Waals surface area contributed by atoms with Gasteiger partial charge < -0.3 is 10.1 Å². The van der Waals surface area contributed by atoms with Gasteiger partial charge in [-0.2, -0.15) is 0 Å². The number of hydrogen-bond acceptors (Lipinski definition) is 3. The van der Waals surface area contributed by atoms with Crippen molar-refractivity contribution in [1.29, 1.82) is 0 Å². The summed E-state index contributed by atoms with van der Waals surface area (Å²) < 4.78 is 4.88. The number of carbonyl (C=O) groups excluding carboxylic acids is 1.